The molecule has 0 amide bonds. The zero-order chi connectivity index (χ0) is 14.3. The Hall–Kier alpha value is -0.660. The van der Waals surface area contributed by atoms with Crippen molar-refractivity contribution in [2.24, 2.45) is 11.3 Å². The van der Waals surface area contributed by atoms with Crippen molar-refractivity contribution < 1.29 is 9.59 Å². The van der Waals surface area contributed by atoms with Crippen LogP contribution in [0.15, 0.2) is 0 Å². The summed E-state index contributed by atoms with van der Waals surface area (Å²) in [5.41, 5.74) is 0.445. The molecule has 2 aliphatic carbocycles. The highest BCUT2D eigenvalue weighted by Crippen LogP contribution is 2.39. The number of hydrogen-bond acceptors (Lipinski definition) is 2. The lowest BCUT2D eigenvalue weighted by Crippen LogP contribution is -2.27. The van der Waals surface area contributed by atoms with Gasteiger partial charge in [0.15, 0.2) is 0 Å². The number of hydrogen-bond donors (Lipinski definition) is 0. The van der Waals surface area contributed by atoms with Gasteiger partial charge in [-0.15, -0.1) is 0 Å². The summed E-state index contributed by atoms with van der Waals surface area (Å²) in [4.78, 5) is 21.5. The summed E-state index contributed by atoms with van der Waals surface area (Å²) in [5, 5.41) is 0. The molecule has 110 valence electrons. The number of ketones is 2. The molecule has 2 rings (SSSR count). The van der Waals surface area contributed by atoms with Crippen LogP contribution in [0.1, 0.15) is 85.0 Å². The first-order chi connectivity index (χ1) is 8.95. The fraction of sp³-hybridized carbons (Fsp3) is 0.882. The van der Waals surface area contributed by atoms with E-state index in [1.165, 1.54) is 12.8 Å². The number of carbonyl (C=O) groups excluding carboxylic acids is 2. The van der Waals surface area contributed by atoms with E-state index in [1.807, 2.05) is 0 Å². The Balaban J connectivity index is 0.000000218. The standard InChI is InChI=1S/C11H20O.C6H10O/c1-4-11(2,3)9-5-7-10(12)8-6-9;7-6-4-2-1-3-5-6/h9H,4-8H2,1-3H3;1-5H2. The number of Topliss-reactive ketones (excluding diaryl/α,β-unsaturated/α-hetero) is 2. The van der Waals surface area contributed by atoms with Crippen LogP contribution < -0.4 is 0 Å². The van der Waals surface area contributed by atoms with Gasteiger partial charge in [-0.3, -0.25) is 9.59 Å². The van der Waals surface area contributed by atoms with Crippen molar-refractivity contribution in [1.82, 2.24) is 0 Å². The van der Waals surface area contributed by atoms with E-state index in [9.17, 15) is 9.59 Å². The Labute approximate surface area is 118 Å². The van der Waals surface area contributed by atoms with Crippen molar-refractivity contribution in [3.63, 3.8) is 0 Å². The summed E-state index contributed by atoms with van der Waals surface area (Å²) < 4.78 is 0. The third-order valence-corrected chi connectivity index (χ3v) is 4.97. The monoisotopic (exact) mass is 266 g/mol. The maximum absolute atomic E-state index is 11.0. The molecule has 2 aliphatic rings. The topological polar surface area (TPSA) is 34.1 Å². The van der Waals surface area contributed by atoms with Crippen LogP contribution in [0.4, 0.5) is 0 Å². The van der Waals surface area contributed by atoms with Gasteiger partial charge in [-0.2, -0.15) is 0 Å². The van der Waals surface area contributed by atoms with Crippen LogP contribution in [0.2, 0.25) is 0 Å². The molecular weight excluding hydrogens is 236 g/mol. The van der Waals surface area contributed by atoms with Gasteiger partial charge < -0.3 is 0 Å². The van der Waals surface area contributed by atoms with E-state index < -0.39 is 0 Å². The number of rotatable bonds is 2. The van der Waals surface area contributed by atoms with E-state index in [0.717, 1.165) is 57.3 Å². The summed E-state index contributed by atoms with van der Waals surface area (Å²) in [6.45, 7) is 6.90. The minimum Gasteiger partial charge on any atom is -0.300 e. The van der Waals surface area contributed by atoms with Gasteiger partial charge in [0.1, 0.15) is 11.6 Å². The molecule has 0 unspecified atom stereocenters. The van der Waals surface area contributed by atoms with Gasteiger partial charge in [-0.1, -0.05) is 33.6 Å². The molecule has 0 spiro atoms. The second kappa shape index (κ2) is 7.81. The van der Waals surface area contributed by atoms with Crippen LogP contribution in [0, 0.1) is 11.3 Å². The minimum atomic E-state index is 0.445. The van der Waals surface area contributed by atoms with Crippen molar-refractivity contribution in [3.8, 4) is 0 Å². The first-order valence-electron chi connectivity index (χ1n) is 7.99. The van der Waals surface area contributed by atoms with Crippen molar-refractivity contribution in [1.29, 1.82) is 0 Å². The molecule has 0 saturated heterocycles. The molecule has 2 saturated carbocycles. The summed E-state index contributed by atoms with van der Waals surface area (Å²) >= 11 is 0. The average molecular weight is 266 g/mol. The molecular formula is C17H30O2. The lowest BCUT2D eigenvalue weighted by Gasteiger charge is -2.35. The minimum absolute atomic E-state index is 0.445. The molecule has 0 aromatic rings. The normalized spacial score (nSPS) is 21.8. The predicted octanol–water partition coefficient (Wildman–Crippen LogP) is 4.70. The lowest BCUT2D eigenvalue weighted by molar-refractivity contribution is -0.122. The van der Waals surface area contributed by atoms with Crippen molar-refractivity contribution >= 4 is 11.6 Å². The molecule has 0 aliphatic heterocycles. The van der Waals surface area contributed by atoms with Gasteiger partial charge in [0.05, 0.1) is 0 Å². The zero-order valence-electron chi connectivity index (χ0n) is 13.0. The van der Waals surface area contributed by atoms with Crippen molar-refractivity contribution in [3.05, 3.63) is 0 Å². The SMILES string of the molecule is CCC(C)(C)C1CCC(=O)CC1.O=C1CCCCC1. The van der Waals surface area contributed by atoms with Crippen LogP contribution in [0.25, 0.3) is 0 Å². The van der Waals surface area contributed by atoms with E-state index in [-0.39, 0.29) is 0 Å². The molecule has 0 N–H and O–H groups in total. The van der Waals surface area contributed by atoms with Crippen LogP contribution in [0.3, 0.4) is 0 Å². The largest absolute Gasteiger partial charge is 0.300 e. The Morgan fingerprint density at radius 1 is 0.895 bits per heavy atom. The molecule has 2 fully saturated rings. The summed E-state index contributed by atoms with van der Waals surface area (Å²) in [5.74, 6) is 1.71. The van der Waals surface area contributed by atoms with E-state index in [4.69, 9.17) is 0 Å². The molecule has 0 radical (unpaired) electrons. The first kappa shape index (κ1) is 16.4. The second-order valence-electron chi connectivity index (χ2n) is 6.75. The van der Waals surface area contributed by atoms with Crippen molar-refractivity contribution in [2.45, 2.75) is 85.0 Å². The van der Waals surface area contributed by atoms with Crippen LogP contribution in [-0.4, -0.2) is 11.6 Å². The molecule has 2 heteroatoms. The Morgan fingerprint density at radius 3 is 1.74 bits per heavy atom. The second-order valence-corrected chi connectivity index (χ2v) is 6.75. The Morgan fingerprint density at radius 2 is 1.37 bits per heavy atom. The smallest absolute Gasteiger partial charge is 0.132 e. The molecule has 19 heavy (non-hydrogen) atoms. The molecule has 0 heterocycles. The molecule has 0 atom stereocenters. The highest BCUT2D eigenvalue weighted by molar-refractivity contribution is 5.79. The van der Waals surface area contributed by atoms with E-state index in [2.05, 4.69) is 20.8 Å². The predicted molar refractivity (Wildman–Crippen MR) is 79.1 cm³/mol. The molecule has 0 aromatic heterocycles. The van der Waals surface area contributed by atoms with Crippen LogP contribution in [-0.2, 0) is 9.59 Å². The fourth-order valence-corrected chi connectivity index (χ4v) is 2.96. The summed E-state index contributed by atoms with van der Waals surface area (Å²) in [6, 6.07) is 0. The Bertz CT molecular complexity index is 286. The summed E-state index contributed by atoms with van der Waals surface area (Å²) in [6.07, 6.45) is 10.4. The van der Waals surface area contributed by atoms with Crippen LogP contribution in [0.5, 0.6) is 0 Å². The van der Waals surface area contributed by atoms with E-state index in [0.29, 0.717) is 17.0 Å². The average Bonchev–Trinajstić information content (AvgIpc) is 2.41. The Kier molecular flexibility index (Phi) is 6.74. The molecule has 0 bridgehead atoms. The van der Waals surface area contributed by atoms with Crippen LogP contribution >= 0.6 is 0 Å². The van der Waals surface area contributed by atoms with Gasteiger partial charge in [0.25, 0.3) is 0 Å². The van der Waals surface area contributed by atoms with Gasteiger partial charge in [0.2, 0.25) is 0 Å². The van der Waals surface area contributed by atoms with Crippen molar-refractivity contribution in [2.75, 3.05) is 0 Å². The maximum Gasteiger partial charge on any atom is 0.132 e. The van der Waals surface area contributed by atoms with Gasteiger partial charge in [-0.05, 0) is 37.0 Å². The lowest BCUT2D eigenvalue weighted by atomic mass is 9.69. The maximum atomic E-state index is 11.0. The van der Waals surface area contributed by atoms with Gasteiger partial charge >= 0.3 is 0 Å². The number of carbonyl (C=O) groups is 2. The highest BCUT2D eigenvalue weighted by Gasteiger charge is 2.30. The first-order valence-corrected chi connectivity index (χ1v) is 7.99. The molecule has 2 nitrogen and oxygen atoms in total. The quantitative estimate of drug-likeness (QED) is 0.726. The van der Waals surface area contributed by atoms with E-state index in [1.54, 1.807) is 0 Å². The van der Waals surface area contributed by atoms with Gasteiger partial charge in [0, 0.05) is 25.7 Å². The zero-order valence-corrected chi connectivity index (χ0v) is 13.0. The van der Waals surface area contributed by atoms with Gasteiger partial charge in [-0.25, -0.2) is 0 Å². The third kappa shape index (κ3) is 5.88. The van der Waals surface area contributed by atoms with E-state index >= 15 is 0 Å². The molecule has 0 aromatic carbocycles. The fourth-order valence-electron chi connectivity index (χ4n) is 2.96. The third-order valence-electron chi connectivity index (χ3n) is 4.97. The highest BCUT2D eigenvalue weighted by atomic mass is 16.1. The summed E-state index contributed by atoms with van der Waals surface area (Å²) in [7, 11) is 0.